The summed E-state index contributed by atoms with van der Waals surface area (Å²) in [5, 5.41) is 12.6. The molecule has 0 aliphatic heterocycles. The number of aryl methyl sites for hydroxylation is 1. The molecule has 3 aromatic heterocycles. The van der Waals surface area contributed by atoms with Gasteiger partial charge in [0.25, 0.3) is 0 Å². The molecule has 0 radical (unpaired) electrons. The Bertz CT molecular complexity index is 837. The smallest absolute Gasteiger partial charge is 0.314 e. The number of hydrogen-bond donors (Lipinski definition) is 2. The number of aromatic nitrogens is 3. The average Bonchev–Trinajstić information content (AvgIpc) is 3.28. The molecule has 8 nitrogen and oxygen atoms in total. The van der Waals surface area contributed by atoms with Crippen molar-refractivity contribution in [1.29, 1.82) is 0 Å². The molecule has 3 rings (SSSR count). The largest absolute Gasteiger partial charge is 0.363 e. The number of rotatable bonds is 5. The standard InChI is InChI=1S/C15H15N5O3S/c1-20-9-10(8-17-20)12-3-2-11(24-12)4-6-16-14(21)15(22)18-13-5-7-23-19-13/h2-3,5,7-9H,4,6H2,1H3,(H,16,21)(H,18,19,22). The fourth-order valence-corrected chi connectivity index (χ4v) is 3.03. The molecule has 0 bridgehead atoms. The van der Waals surface area contributed by atoms with E-state index >= 15 is 0 Å². The minimum absolute atomic E-state index is 0.203. The van der Waals surface area contributed by atoms with Crippen molar-refractivity contribution in [2.45, 2.75) is 6.42 Å². The Hall–Kier alpha value is -2.94. The lowest BCUT2D eigenvalue weighted by Gasteiger charge is -2.03. The maximum atomic E-state index is 11.7. The molecule has 0 fully saturated rings. The Labute approximate surface area is 141 Å². The molecule has 2 N–H and O–H groups in total. The number of amides is 2. The minimum atomic E-state index is -0.772. The van der Waals surface area contributed by atoms with Crippen LogP contribution in [0, 0.1) is 0 Å². The highest BCUT2D eigenvalue weighted by Gasteiger charge is 2.14. The lowest BCUT2D eigenvalue weighted by molar-refractivity contribution is -0.136. The highest BCUT2D eigenvalue weighted by Crippen LogP contribution is 2.27. The van der Waals surface area contributed by atoms with E-state index in [2.05, 4.69) is 25.4 Å². The van der Waals surface area contributed by atoms with Crippen LogP contribution < -0.4 is 10.6 Å². The number of nitrogens with zero attached hydrogens (tertiary/aromatic N) is 3. The fraction of sp³-hybridized carbons (Fsp3) is 0.200. The topological polar surface area (TPSA) is 102 Å². The molecule has 9 heteroatoms. The van der Waals surface area contributed by atoms with E-state index in [4.69, 9.17) is 0 Å². The van der Waals surface area contributed by atoms with Crippen LogP contribution in [-0.4, -0.2) is 33.3 Å². The van der Waals surface area contributed by atoms with Crippen molar-refractivity contribution in [1.82, 2.24) is 20.3 Å². The molecule has 3 aromatic rings. The van der Waals surface area contributed by atoms with Crippen molar-refractivity contribution in [2.75, 3.05) is 11.9 Å². The van der Waals surface area contributed by atoms with Crippen molar-refractivity contribution in [3.8, 4) is 10.4 Å². The number of carbonyl (C=O) groups is 2. The second kappa shape index (κ2) is 7.09. The van der Waals surface area contributed by atoms with Crippen molar-refractivity contribution in [2.24, 2.45) is 7.05 Å². The molecular formula is C15H15N5O3S. The first-order valence-electron chi connectivity index (χ1n) is 7.19. The summed E-state index contributed by atoms with van der Waals surface area (Å²) >= 11 is 1.64. The zero-order valence-corrected chi connectivity index (χ0v) is 13.7. The van der Waals surface area contributed by atoms with Crippen LogP contribution in [0.25, 0.3) is 10.4 Å². The highest BCUT2D eigenvalue weighted by molar-refractivity contribution is 7.15. The maximum Gasteiger partial charge on any atom is 0.314 e. The maximum absolute atomic E-state index is 11.7. The quantitative estimate of drug-likeness (QED) is 0.681. The number of thiophene rings is 1. The molecule has 0 saturated carbocycles. The lowest BCUT2D eigenvalue weighted by atomic mass is 10.3. The summed E-state index contributed by atoms with van der Waals surface area (Å²) in [6.45, 7) is 0.373. The normalized spacial score (nSPS) is 10.5. The number of hydrogen-bond acceptors (Lipinski definition) is 6. The number of anilines is 1. The van der Waals surface area contributed by atoms with Crippen molar-refractivity contribution in [3.05, 3.63) is 41.7 Å². The van der Waals surface area contributed by atoms with Crippen LogP contribution in [0.3, 0.4) is 0 Å². The molecule has 0 saturated heterocycles. The lowest BCUT2D eigenvalue weighted by Crippen LogP contribution is -2.36. The Morgan fingerprint density at radius 2 is 2.17 bits per heavy atom. The number of carbonyl (C=O) groups excluding carboxylic acids is 2. The number of nitrogens with one attached hydrogen (secondary N) is 2. The van der Waals surface area contributed by atoms with Crippen LogP contribution in [0.4, 0.5) is 5.82 Å². The van der Waals surface area contributed by atoms with Crippen molar-refractivity contribution >= 4 is 29.0 Å². The van der Waals surface area contributed by atoms with Gasteiger partial charge in [-0.15, -0.1) is 11.3 Å². The van der Waals surface area contributed by atoms with E-state index in [0.717, 1.165) is 15.3 Å². The van der Waals surface area contributed by atoms with Crippen LogP contribution in [0.15, 0.2) is 41.4 Å². The second-order valence-corrected chi connectivity index (χ2v) is 6.18. The van der Waals surface area contributed by atoms with E-state index in [1.54, 1.807) is 16.0 Å². The summed E-state index contributed by atoms with van der Waals surface area (Å²) in [4.78, 5) is 25.6. The highest BCUT2D eigenvalue weighted by atomic mass is 32.1. The Morgan fingerprint density at radius 1 is 1.29 bits per heavy atom. The Morgan fingerprint density at radius 3 is 2.88 bits per heavy atom. The average molecular weight is 345 g/mol. The Kier molecular flexibility index (Phi) is 4.71. The van der Waals surface area contributed by atoms with E-state index in [9.17, 15) is 9.59 Å². The summed E-state index contributed by atoms with van der Waals surface area (Å²) < 4.78 is 6.33. The van der Waals surface area contributed by atoms with Gasteiger partial charge >= 0.3 is 11.8 Å². The van der Waals surface area contributed by atoms with Crippen LogP contribution in [-0.2, 0) is 23.1 Å². The molecule has 24 heavy (non-hydrogen) atoms. The fourth-order valence-electron chi connectivity index (χ4n) is 2.05. The van der Waals surface area contributed by atoms with Crippen molar-refractivity contribution in [3.63, 3.8) is 0 Å². The predicted molar refractivity (Wildman–Crippen MR) is 88.4 cm³/mol. The third kappa shape index (κ3) is 3.87. The van der Waals surface area contributed by atoms with Crippen LogP contribution in [0.2, 0.25) is 0 Å². The summed E-state index contributed by atoms with van der Waals surface area (Å²) in [6.07, 6.45) is 5.72. The summed E-state index contributed by atoms with van der Waals surface area (Å²) in [5.41, 5.74) is 1.06. The van der Waals surface area contributed by atoms with Gasteiger partial charge in [-0.25, -0.2) is 0 Å². The van der Waals surface area contributed by atoms with Gasteiger partial charge in [-0.3, -0.25) is 19.6 Å². The van der Waals surface area contributed by atoms with E-state index in [1.165, 1.54) is 12.3 Å². The van der Waals surface area contributed by atoms with Gasteiger partial charge in [-0.1, -0.05) is 5.16 Å². The second-order valence-electron chi connectivity index (χ2n) is 5.01. The predicted octanol–water partition coefficient (Wildman–Crippen LogP) is 1.43. The van der Waals surface area contributed by atoms with Crippen molar-refractivity contribution < 1.29 is 14.1 Å². The van der Waals surface area contributed by atoms with E-state index in [1.807, 2.05) is 31.6 Å². The minimum Gasteiger partial charge on any atom is -0.363 e. The first-order chi connectivity index (χ1) is 11.6. The van der Waals surface area contributed by atoms with E-state index in [-0.39, 0.29) is 5.82 Å². The van der Waals surface area contributed by atoms with Crippen LogP contribution >= 0.6 is 11.3 Å². The van der Waals surface area contributed by atoms with Gasteiger partial charge in [0.1, 0.15) is 6.26 Å². The first kappa shape index (κ1) is 15.9. The molecule has 0 spiro atoms. The van der Waals surface area contributed by atoms with Gasteiger partial charge in [0.2, 0.25) is 0 Å². The van der Waals surface area contributed by atoms with Gasteiger partial charge in [-0.2, -0.15) is 5.10 Å². The van der Waals surface area contributed by atoms with Gasteiger partial charge in [0.15, 0.2) is 5.82 Å². The molecular weight excluding hydrogens is 330 g/mol. The summed E-state index contributed by atoms with van der Waals surface area (Å²) in [7, 11) is 1.87. The monoisotopic (exact) mass is 345 g/mol. The van der Waals surface area contributed by atoms with Gasteiger partial charge < -0.3 is 9.84 Å². The van der Waals surface area contributed by atoms with Gasteiger partial charge in [-0.05, 0) is 18.6 Å². The molecule has 3 heterocycles. The molecule has 0 aliphatic carbocycles. The Balaban J connectivity index is 1.47. The molecule has 0 atom stereocenters. The SMILES string of the molecule is Cn1cc(-c2ccc(CCNC(=O)C(=O)Nc3ccon3)s2)cn1. The molecule has 0 unspecified atom stereocenters. The molecule has 0 aromatic carbocycles. The van der Waals surface area contributed by atoms with Crippen LogP contribution in [0.5, 0.6) is 0 Å². The molecule has 2 amide bonds. The summed E-state index contributed by atoms with van der Waals surface area (Å²) in [5.74, 6) is -1.28. The zero-order valence-electron chi connectivity index (χ0n) is 12.9. The first-order valence-corrected chi connectivity index (χ1v) is 8.01. The third-order valence-corrected chi connectivity index (χ3v) is 4.39. The zero-order chi connectivity index (χ0) is 16.9. The van der Waals surface area contributed by atoms with E-state index < -0.39 is 11.8 Å². The van der Waals surface area contributed by atoms with Gasteiger partial charge in [0.05, 0.1) is 6.20 Å². The summed E-state index contributed by atoms with van der Waals surface area (Å²) in [6, 6.07) is 5.49. The third-order valence-electron chi connectivity index (χ3n) is 3.19. The van der Waals surface area contributed by atoms with Crippen LogP contribution in [0.1, 0.15) is 4.88 Å². The molecule has 0 aliphatic rings. The molecule has 124 valence electrons. The van der Waals surface area contributed by atoms with Gasteiger partial charge in [0, 0.05) is 41.2 Å². The van der Waals surface area contributed by atoms with E-state index in [0.29, 0.717) is 13.0 Å².